The largest absolute Gasteiger partial charge is 0.737 e. The third-order valence-corrected chi connectivity index (χ3v) is 6.06. The van der Waals surface area contributed by atoms with Gasteiger partial charge in [-0.1, -0.05) is 45.4 Å². The minimum atomic E-state index is -3.83. The number of rotatable bonds is 8. The van der Waals surface area contributed by atoms with Crippen molar-refractivity contribution in [2.75, 3.05) is 0 Å². The van der Waals surface area contributed by atoms with Crippen LogP contribution in [0.3, 0.4) is 0 Å². The van der Waals surface area contributed by atoms with Gasteiger partial charge in [0.25, 0.3) is 0 Å². The van der Waals surface area contributed by atoms with E-state index >= 15 is 8.63 Å². The van der Waals surface area contributed by atoms with Crippen molar-refractivity contribution >= 4 is 18.3 Å². The van der Waals surface area contributed by atoms with Crippen molar-refractivity contribution in [2.24, 2.45) is 0 Å². The number of aromatic nitrogens is 1. The summed E-state index contributed by atoms with van der Waals surface area (Å²) in [4.78, 5) is 0. The van der Waals surface area contributed by atoms with E-state index in [2.05, 4.69) is 6.92 Å². The van der Waals surface area contributed by atoms with Gasteiger partial charge in [-0.2, -0.15) is 0 Å². The lowest BCUT2D eigenvalue weighted by Gasteiger charge is -2.34. The summed E-state index contributed by atoms with van der Waals surface area (Å²) < 4.78 is 33.5. The SMILES string of the molecule is CCCCCCCCCC1=C2C(C)=CC(C)=[N+]2[B-](F)(F)n2c(C)cc(C)c21. The van der Waals surface area contributed by atoms with Crippen molar-refractivity contribution in [3.63, 3.8) is 0 Å². The molecule has 2 aliphatic rings. The summed E-state index contributed by atoms with van der Waals surface area (Å²) in [5.74, 6) is 0. The van der Waals surface area contributed by atoms with Crippen LogP contribution in [0, 0.1) is 13.8 Å². The maximum atomic E-state index is 15.4. The van der Waals surface area contributed by atoms with E-state index in [1.807, 2.05) is 26.0 Å². The van der Waals surface area contributed by atoms with Gasteiger partial charge in [-0.3, -0.25) is 0 Å². The molecular formula is C22H33BF2N2. The van der Waals surface area contributed by atoms with Crippen molar-refractivity contribution < 1.29 is 13.1 Å². The molecule has 0 saturated carbocycles. The summed E-state index contributed by atoms with van der Waals surface area (Å²) in [5, 5.41) is 0. The second-order valence-electron chi connectivity index (χ2n) is 8.31. The lowest BCUT2D eigenvalue weighted by atomic mass is 9.84. The Hall–Kier alpha value is -1.65. The fourth-order valence-corrected chi connectivity index (χ4v) is 4.93. The zero-order valence-electron chi connectivity index (χ0n) is 17.5. The Labute approximate surface area is 162 Å². The van der Waals surface area contributed by atoms with Gasteiger partial charge in [-0.05, 0) is 50.9 Å². The Morgan fingerprint density at radius 1 is 0.963 bits per heavy atom. The molecule has 0 N–H and O–H groups in total. The summed E-state index contributed by atoms with van der Waals surface area (Å²) in [6.45, 7) is 5.94. The number of hydrogen-bond acceptors (Lipinski definition) is 0. The second kappa shape index (κ2) is 7.77. The number of nitrogens with zero attached hydrogens (tertiary/aromatic N) is 2. The second-order valence-corrected chi connectivity index (χ2v) is 8.31. The Kier molecular flexibility index (Phi) is 5.78. The third-order valence-electron chi connectivity index (χ3n) is 6.06. The molecule has 0 atom stereocenters. The van der Waals surface area contributed by atoms with Gasteiger partial charge in [0.1, 0.15) is 5.71 Å². The van der Waals surface area contributed by atoms with E-state index in [-0.39, 0.29) is 0 Å². The molecule has 1 aromatic heterocycles. The summed E-state index contributed by atoms with van der Waals surface area (Å²) in [7, 11) is 0. The molecule has 0 bridgehead atoms. The van der Waals surface area contributed by atoms with Gasteiger partial charge in [-0.25, -0.2) is 0 Å². The predicted molar refractivity (Wildman–Crippen MR) is 112 cm³/mol. The first kappa shape index (κ1) is 20.1. The highest BCUT2D eigenvalue weighted by Crippen LogP contribution is 2.43. The Bertz CT molecular complexity index is 828. The van der Waals surface area contributed by atoms with Crippen LogP contribution in [0.5, 0.6) is 0 Å². The molecule has 3 heterocycles. The van der Waals surface area contributed by atoms with Crippen molar-refractivity contribution in [3.05, 3.63) is 40.4 Å². The molecule has 1 aromatic rings. The molecule has 0 saturated heterocycles. The number of halogens is 2. The average molecular weight is 374 g/mol. The molecule has 0 aromatic carbocycles. The maximum Gasteiger partial charge on any atom is 0.737 e. The minimum Gasteiger partial charge on any atom is -0.394 e. The highest BCUT2D eigenvalue weighted by molar-refractivity contribution is 6.58. The number of allylic oxidation sites excluding steroid dienone is 3. The van der Waals surface area contributed by atoms with E-state index in [0.29, 0.717) is 11.4 Å². The predicted octanol–water partition coefficient (Wildman–Crippen LogP) is 6.63. The molecule has 2 nitrogen and oxygen atoms in total. The third kappa shape index (κ3) is 3.45. The lowest BCUT2D eigenvalue weighted by molar-refractivity contribution is -0.363. The first-order chi connectivity index (χ1) is 12.8. The maximum absolute atomic E-state index is 15.4. The molecule has 2 aliphatic heterocycles. The van der Waals surface area contributed by atoms with E-state index in [1.165, 1.54) is 47.5 Å². The summed E-state index contributed by atoms with van der Waals surface area (Å²) in [6.07, 6.45) is 11.4. The molecule has 5 heteroatoms. The van der Waals surface area contributed by atoms with E-state index in [1.54, 1.807) is 13.8 Å². The molecule has 0 unspecified atom stereocenters. The normalized spacial score (nSPS) is 18.1. The average Bonchev–Trinajstić information content (AvgIpc) is 3.06. The van der Waals surface area contributed by atoms with Crippen LogP contribution in [0.15, 0.2) is 23.4 Å². The first-order valence-electron chi connectivity index (χ1n) is 10.6. The number of aryl methyl sites for hydroxylation is 2. The van der Waals surface area contributed by atoms with Crippen LogP contribution >= 0.6 is 0 Å². The standard InChI is InChI=1S/C22H33BF2N2/c1-6-7-8-9-10-11-12-13-20-21-16(2)14-18(4)26(21)23(24,25)27-19(5)15-17(3)22(20)27/h14-15H,6-13H2,1-5H3. The lowest BCUT2D eigenvalue weighted by Crippen LogP contribution is -2.51. The first-order valence-corrected chi connectivity index (χ1v) is 10.6. The molecular weight excluding hydrogens is 341 g/mol. The van der Waals surface area contributed by atoms with Crippen LogP contribution in [0.25, 0.3) is 5.57 Å². The molecule has 0 amide bonds. The van der Waals surface area contributed by atoms with Gasteiger partial charge >= 0.3 is 6.97 Å². The highest BCUT2D eigenvalue weighted by Gasteiger charge is 2.54. The topological polar surface area (TPSA) is 7.94 Å². The number of hydrogen-bond donors (Lipinski definition) is 0. The van der Waals surface area contributed by atoms with Crippen LogP contribution in [0.2, 0.25) is 0 Å². The van der Waals surface area contributed by atoms with E-state index < -0.39 is 6.97 Å². The molecule has 3 rings (SSSR count). The summed E-state index contributed by atoms with van der Waals surface area (Å²) >= 11 is 0. The molecule has 0 spiro atoms. The number of fused-ring (bicyclic) bond motifs is 2. The smallest absolute Gasteiger partial charge is 0.394 e. The highest BCUT2D eigenvalue weighted by atomic mass is 19.2. The van der Waals surface area contributed by atoms with Crippen LogP contribution < -0.4 is 0 Å². The van der Waals surface area contributed by atoms with Crippen LogP contribution in [0.1, 0.15) is 89.1 Å². The van der Waals surface area contributed by atoms with Gasteiger partial charge in [0.05, 0.1) is 0 Å². The van der Waals surface area contributed by atoms with Crippen molar-refractivity contribution in [1.29, 1.82) is 0 Å². The van der Waals surface area contributed by atoms with Crippen LogP contribution in [-0.4, -0.2) is 21.6 Å². The summed E-state index contributed by atoms with van der Waals surface area (Å²) in [6, 6.07) is 1.91. The Morgan fingerprint density at radius 2 is 1.59 bits per heavy atom. The van der Waals surface area contributed by atoms with Gasteiger partial charge < -0.3 is 17.6 Å². The van der Waals surface area contributed by atoms with Gasteiger partial charge in [0.2, 0.25) is 0 Å². The molecule has 148 valence electrons. The van der Waals surface area contributed by atoms with Crippen molar-refractivity contribution in [3.8, 4) is 0 Å². The number of unbranched alkanes of at least 4 members (excludes halogenated alkanes) is 6. The molecule has 0 aliphatic carbocycles. The Balaban J connectivity index is 1.90. The fourth-order valence-electron chi connectivity index (χ4n) is 4.93. The van der Waals surface area contributed by atoms with Crippen LogP contribution in [-0.2, 0) is 0 Å². The molecule has 27 heavy (non-hydrogen) atoms. The van der Waals surface area contributed by atoms with Crippen molar-refractivity contribution in [2.45, 2.75) is 86.0 Å². The minimum absolute atomic E-state index is 0.654. The van der Waals surface area contributed by atoms with E-state index in [9.17, 15) is 0 Å². The molecule has 0 fully saturated rings. The quantitative estimate of drug-likeness (QED) is 0.357. The fraction of sp³-hybridized carbons (Fsp3) is 0.591. The van der Waals surface area contributed by atoms with Crippen molar-refractivity contribution in [1.82, 2.24) is 4.48 Å². The monoisotopic (exact) mass is 374 g/mol. The van der Waals surface area contributed by atoms with Crippen LogP contribution in [0.4, 0.5) is 8.63 Å². The zero-order valence-corrected chi connectivity index (χ0v) is 17.5. The zero-order chi connectivity index (χ0) is 19.8. The van der Waals surface area contributed by atoms with Gasteiger partial charge in [0, 0.05) is 29.8 Å². The van der Waals surface area contributed by atoms with E-state index in [4.69, 9.17) is 0 Å². The summed E-state index contributed by atoms with van der Waals surface area (Å²) in [5.41, 5.74) is 5.87. The van der Waals surface area contributed by atoms with Gasteiger partial charge in [0.15, 0.2) is 5.70 Å². The Morgan fingerprint density at radius 3 is 2.26 bits per heavy atom. The molecule has 0 radical (unpaired) electrons. The van der Waals surface area contributed by atoms with E-state index in [0.717, 1.165) is 40.9 Å². The van der Waals surface area contributed by atoms with Gasteiger partial charge in [-0.15, -0.1) is 0 Å².